The summed E-state index contributed by atoms with van der Waals surface area (Å²) in [6.07, 6.45) is 0. The summed E-state index contributed by atoms with van der Waals surface area (Å²) in [5.74, 6) is 0.985. The summed E-state index contributed by atoms with van der Waals surface area (Å²) in [6, 6.07) is 6.34. The number of benzene rings is 1. The van der Waals surface area contributed by atoms with Crippen molar-refractivity contribution in [3.05, 3.63) is 35.1 Å². The molecule has 0 atom stereocenters. The van der Waals surface area contributed by atoms with E-state index in [0.717, 1.165) is 11.3 Å². The minimum Gasteiger partial charge on any atom is -0.461 e. The third-order valence-electron chi connectivity index (χ3n) is 2.11. The molecule has 0 spiro atoms. The van der Waals surface area contributed by atoms with Crippen molar-refractivity contribution in [2.24, 2.45) is 0 Å². The predicted molar refractivity (Wildman–Crippen MR) is 50.4 cm³/mol. The molecule has 0 bridgehead atoms. The molecule has 0 amide bonds. The van der Waals surface area contributed by atoms with E-state index in [2.05, 4.69) is 32.0 Å². The zero-order valence-corrected chi connectivity index (χ0v) is 7.64. The first-order valence-electron chi connectivity index (χ1n) is 4.14. The summed E-state index contributed by atoms with van der Waals surface area (Å²) in [6.45, 7) is 6.18. The molecule has 12 heavy (non-hydrogen) atoms. The molecule has 0 unspecified atom stereocenters. The Morgan fingerprint density at radius 3 is 2.50 bits per heavy atom. The Morgan fingerprint density at radius 1 is 1.00 bits per heavy atom. The fourth-order valence-corrected chi connectivity index (χ4v) is 1.62. The Hall–Kier alpha value is -1.24. The minimum absolute atomic E-state index is 0.985. The van der Waals surface area contributed by atoms with E-state index in [1.807, 2.05) is 6.92 Å². The monoisotopic (exact) mass is 160 g/mol. The highest BCUT2D eigenvalue weighted by Gasteiger charge is 2.02. The van der Waals surface area contributed by atoms with Crippen LogP contribution in [0.2, 0.25) is 0 Å². The summed E-state index contributed by atoms with van der Waals surface area (Å²) < 4.78 is 5.53. The fraction of sp³-hybridized carbons (Fsp3) is 0.273. The summed E-state index contributed by atoms with van der Waals surface area (Å²) >= 11 is 0. The van der Waals surface area contributed by atoms with Crippen LogP contribution >= 0.6 is 0 Å². The second-order valence-corrected chi connectivity index (χ2v) is 3.35. The minimum atomic E-state index is 0.985. The molecule has 2 rings (SSSR count). The smallest absolute Gasteiger partial charge is 0.134 e. The van der Waals surface area contributed by atoms with Crippen LogP contribution in [0.5, 0.6) is 0 Å². The van der Waals surface area contributed by atoms with E-state index in [1.165, 1.54) is 16.5 Å². The molecule has 0 saturated carbocycles. The van der Waals surface area contributed by atoms with Crippen molar-refractivity contribution >= 4 is 11.0 Å². The highest BCUT2D eigenvalue weighted by molar-refractivity contribution is 5.82. The Kier molecular flexibility index (Phi) is 1.47. The molecule has 2 aromatic rings. The lowest BCUT2D eigenvalue weighted by molar-refractivity contribution is 0.578. The van der Waals surface area contributed by atoms with Gasteiger partial charge in [-0.3, -0.25) is 0 Å². The number of rotatable bonds is 0. The molecule has 1 heteroatoms. The van der Waals surface area contributed by atoms with Crippen LogP contribution in [0.4, 0.5) is 0 Å². The molecule has 1 aromatic carbocycles. The van der Waals surface area contributed by atoms with E-state index in [9.17, 15) is 0 Å². The molecule has 0 aliphatic rings. The lowest BCUT2D eigenvalue weighted by Crippen LogP contribution is -1.76. The maximum Gasteiger partial charge on any atom is 0.134 e. The SMILES string of the molecule is Cc1cc(C)c2cc(C)oc2c1. The first-order chi connectivity index (χ1) is 5.66. The number of hydrogen-bond donors (Lipinski definition) is 0. The van der Waals surface area contributed by atoms with Crippen LogP contribution < -0.4 is 0 Å². The zero-order valence-electron chi connectivity index (χ0n) is 7.64. The molecule has 0 N–H and O–H groups in total. The first-order valence-corrected chi connectivity index (χ1v) is 4.14. The van der Waals surface area contributed by atoms with Crippen LogP contribution in [0.3, 0.4) is 0 Å². The van der Waals surface area contributed by atoms with Gasteiger partial charge in [-0.15, -0.1) is 0 Å². The summed E-state index contributed by atoms with van der Waals surface area (Å²) in [5.41, 5.74) is 3.56. The Labute approximate surface area is 72.0 Å². The van der Waals surface area contributed by atoms with Crippen LogP contribution in [-0.4, -0.2) is 0 Å². The summed E-state index contributed by atoms with van der Waals surface area (Å²) in [7, 11) is 0. The van der Waals surface area contributed by atoms with E-state index in [-0.39, 0.29) is 0 Å². The number of aryl methyl sites for hydroxylation is 3. The third kappa shape index (κ3) is 1.02. The molecule has 0 aliphatic carbocycles. The van der Waals surface area contributed by atoms with Crippen molar-refractivity contribution < 1.29 is 4.42 Å². The van der Waals surface area contributed by atoms with Crippen molar-refractivity contribution in [3.8, 4) is 0 Å². The Morgan fingerprint density at radius 2 is 1.75 bits per heavy atom. The van der Waals surface area contributed by atoms with Crippen molar-refractivity contribution in [1.82, 2.24) is 0 Å². The van der Waals surface area contributed by atoms with Gasteiger partial charge in [-0.05, 0) is 44.0 Å². The van der Waals surface area contributed by atoms with Gasteiger partial charge in [0.2, 0.25) is 0 Å². The van der Waals surface area contributed by atoms with Gasteiger partial charge in [0, 0.05) is 5.39 Å². The van der Waals surface area contributed by atoms with Crippen LogP contribution in [0.25, 0.3) is 11.0 Å². The third-order valence-corrected chi connectivity index (χ3v) is 2.11. The number of furan rings is 1. The van der Waals surface area contributed by atoms with E-state index in [1.54, 1.807) is 0 Å². The fourth-order valence-electron chi connectivity index (χ4n) is 1.62. The first kappa shape index (κ1) is 7.41. The van der Waals surface area contributed by atoms with E-state index in [0.29, 0.717) is 0 Å². The second-order valence-electron chi connectivity index (χ2n) is 3.35. The molecule has 1 aromatic heterocycles. The molecule has 1 heterocycles. The van der Waals surface area contributed by atoms with Gasteiger partial charge < -0.3 is 4.42 Å². The average molecular weight is 160 g/mol. The molecule has 0 aliphatic heterocycles. The second kappa shape index (κ2) is 2.37. The van der Waals surface area contributed by atoms with Gasteiger partial charge in [-0.1, -0.05) is 6.07 Å². The molecule has 0 fully saturated rings. The van der Waals surface area contributed by atoms with Crippen LogP contribution in [0.1, 0.15) is 16.9 Å². The predicted octanol–water partition coefficient (Wildman–Crippen LogP) is 3.36. The van der Waals surface area contributed by atoms with Crippen LogP contribution in [0, 0.1) is 20.8 Å². The van der Waals surface area contributed by atoms with Crippen LogP contribution in [0.15, 0.2) is 22.6 Å². The summed E-state index contributed by atoms with van der Waals surface area (Å²) in [4.78, 5) is 0. The number of fused-ring (bicyclic) bond motifs is 1. The molecular weight excluding hydrogens is 148 g/mol. The van der Waals surface area contributed by atoms with Crippen molar-refractivity contribution in [2.45, 2.75) is 20.8 Å². The van der Waals surface area contributed by atoms with Crippen molar-refractivity contribution in [3.63, 3.8) is 0 Å². The van der Waals surface area contributed by atoms with Crippen molar-refractivity contribution in [2.75, 3.05) is 0 Å². The normalized spacial score (nSPS) is 10.9. The van der Waals surface area contributed by atoms with Gasteiger partial charge in [0.15, 0.2) is 0 Å². The van der Waals surface area contributed by atoms with Gasteiger partial charge in [0.05, 0.1) is 0 Å². The maximum atomic E-state index is 5.53. The van der Waals surface area contributed by atoms with Crippen LogP contribution in [-0.2, 0) is 0 Å². The largest absolute Gasteiger partial charge is 0.461 e. The van der Waals surface area contributed by atoms with Gasteiger partial charge in [0.1, 0.15) is 11.3 Å². The summed E-state index contributed by atoms with van der Waals surface area (Å²) in [5, 5.41) is 1.23. The Balaban J connectivity index is 2.88. The van der Waals surface area contributed by atoms with E-state index in [4.69, 9.17) is 4.42 Å². The maximum absolute atomic E-state index is 5.53. The zero-order chi connectivity index (χ0) is 8.72. The molecule has 0 saturated heterocycles. The average Bonchev–Trinajstić information content (AvgIpc) is 2.29. The standard InChI is InChI=1S/C11H12O/c1-7-4-8(2)10-6-9(3)12-11(10)5-7/h4-6H,1-3H3. The lowest BCUT2D eigenvalue weighted by Gasteiger charge is -1.96. The quantitative estimate of drug-likeness (QED) is 0.576. The molecule has 1 nitrogen and oxygen atoms in total. The lowest BCUT2D eigenvalue weighted by atomic mass is 10.1. The van der Waals surface area contributed by atoms with Gasteiger partial charge in [-0.2, -0.15) is 0 Å². The van der Waals surface area contributed by atoms with Gasteiger partial charge in [0.25, 0.3) is 0 Å². The van der Waals surface area contributed by atoms with E-state index < -0.39 is 0 Å². The molecule has 62 valence electrons. The topological polar surface area (TPSA) is 13.1 Å². The highest BCUT2D eigenvalue weighted by Crippen LogP contribution is 2.23. The van der Waals surface area contributed by atoms with Crippen molar-refractivity contribution in [1.29, 1.82) is 0 Å². The highest BCUT2D eigenvalue weighted by atomic mass is 16.3. The number of hydrogen-bond acceptors (Lipinski definition) is 1. The molecular formula is C11H12O. The van der Waals surface area contributed by atoms with E-state index >= 15 is 0 Å². The van der Waals surface area contributed by atoms with Gasteiger partial charge in [-0.25, -0.2) is 0 Å². The Bertz CT molecular complexity index is 424. The molecule has 0 radical (unpaired) electrons. The van der Waals surface area contributed by atoms with Gasteiger partial charge >= 0.3 is 0 Å².